The highest BCUT2D eigenvalue weighted by Gasteiger charge is 2.53. The van der Waals surface area contributed by atoms with E-state index in [0.717, 1.165) is 11.5 Å². The van der Waals surface area contributed by atoms with Crippen LogP contribution in [-0.4, -0.2) is 21.1 Å². The van der Waals surface area contributed by atoms with E-state index in [1.54, 1.807) is 0 Å². The summed E-state index contributed by atoms with van der Waals surface area (Å²) in [6, 6.07) is 21.1. The van der Waals surface area contributed by atoms with Gasteiger partial charge in [-0.3, -0.25) is 0 Å². The van der Waals surface area contributed by atoms with E-state index in [2.05, 4.69) is 65.4 Å². The first-order valence-corrected chi connectivity index (χ1v) is 9.67. The normalized spacial score (nSPS) is 17.8. The molecule has 24 heavy (non-hydrogen) atoms. The zero-order valence-corrected chi connectivity index (χ0v) is 14.5. The van der Waals surface area contributed by atoms with Gasteiger partial charge in [-0.05, 0) is 41.5 Å². The predicted molar refractivity (Wildman–Crippen MR) is 98.4 cm³/mol. The standard InChI is InChI=1S/C10H10NO.C10H8O.Al/c1-7-5-6-8-3-2-4-9(12)10(8)11-7;11-10-6-5-8-3-1-2-4-9(8)7-10;/h2-7,12H,1H3;1-7,11H;/q-1;;+3/p-2. The Bertz CT molecular complexity index is 969. The van der Waals surface area contributed by atoms with Crippen molar-refractivity contribution in [1.82, 2.24) is 0 Å². The number of para-hydroxylation sites is 1. The highest BCUT2D eigenvalue weighted by molar-refractivity contribution is 6.54. The van der Waals surface area contributed by atoms with Crippen LogP contribution in [0.2, 0.25) is 0 Å². The van der Waals surface area contributed by atoms with Crippen LogP contribution in [0.3, 0.4) is 0 Å². The van der Waals surface area contributed by atoms with E-state index in [0.29, 0.717) is 6.04 Å². The second kappa shape index (κ2) is 5.31. The molecule has 0 fully saturated rings. The van der Waals surface area contributed by atoms with Gasteiger partial charge in [0, 0.05) is 6.04 Å². The van der Waals surface area contributed by atoms with Crippen LogP contribution >= 0.6 is 0 Å². The Morgan fingerprint density at radius 2 is 1.88 bits per heavy atom. The largest absolute Gasteiger partial charge is 1.04 e. The molecule has 0 aliphatic carbocycles. The minimum Gasteiger partial charge on any atom is -0.594 e. The Kier molecular flexibility index (Phi) is 3.09. The number of hydrogen-bond acceptors (Lipinski definition) is 3. The first-order chi connectivity index (χ1) is 11.8. The Balaban J connectivity index is 1.51. The Morgan fingerprint density at radius 3 is 2.79 bits per heavy atom. The molecule has 1 atom stereocenters. The van der Waals surface area contributed by atoms with Crippen LogP contribution in [0.4, 0.5) is 5.69 Å². The Hall–Kier alpha value is -2.41. The van der Waals surface area contributed by atoms with E-state index in [4.69, 9.17) is 7.58 Å². The molecule has 0 radical (unpaired) electrons. The minimum atomic E-state index is -2.04. The minimum absolute atomic E-state index is 0.290. The second-order valence-corrected chi connectivity index (χ2v) is 7.89. The van der Waals surface area contributed by atoms with Gasteiger partial charge in [0.15, 0.2) is 0 Å². The second-order valence-electron chi connectivity index (χ2n) is 6.25. The molecule has 1 unspecified atom stereocenters. The molecular weight excluding hydrogens is 313 g/mol. The van der Waals surface area contributed by atoms with Gasteiger partial charge < -0.3 is 11.5 Å². The van der Waals surface area contributed by atoms with Crippen LogP contribution in [-0.2, 0) is 0 Å². The molecule has 0 saturated carbocycles. The molecule has 2 aliphatic heterocycles. The van der Waals surface area contributed by atoms with Crippen LogP contribution in [0.5, 0.6) is 11.5 Å². The summed E-state index contributed by atoms with van der Waals surface area (Å²) in [5.74, 6) is 1.82. The first-order valence-electron chi connectivity index (χ1n) is 8.21. The van der Waals surface area contributed by atoms with E-state index < -0.39 is 15.0 Å². The van der Waals surface area contributed by atoms with Gasteiger partial charge in [0.05, 0.1) is 11.4 Å². The van der Waals surface area contributed by atoms with Crippen LogP contribution in [0.1, 0.15) is 12.5 Å². The van der Waals surface area contributed by atoms with Crippen molar-refractivity contribution in [3.05, 3.63) is 72.3 Å². The summed E-state index contributed by atoms with van der Waals surface area (Å²) in [6.07, 6.45) is 4.39. The van der Waals surface area contributed by atoms with Crippen molar-refractivity contribution >= 4 is 37.6 Å². The van der Waals surface area contributed by atoms with E-state index in [-0.39, 0.29) is 0 Å². The van der Waals surface area contributed by atoms with E-state index in [1.165, 1.54) is 22.0 Å². The fourth-order valence-corrected chi connectivity index (χ4v) is 5.52. The van der Waals surface area contributed by atoms with Gasteiger partial charge >= 0.3 is 15.0 Å². The molecule has 3 nitrogen and oxygen atoms in total. The van der Waals surface area contributed by atoms with Crippen molar-refractivity contribution in [2.24, 2.45) is 0 Å². The van der Waals surface area contributed by atoms with Crippen molar-refractivity contribution < 1.29 is 7.58 Å². The lowest BCUT2D eigenvalue weighted by Gasteiger charge is -2.29. The van der Waals surface area contributed by atoms with Gasteiger partial charge in [-0.15, -0.1) is 0 Å². The van der Waals surface area contributed by atoms with Crippen LogP contribution in [0.25, 0.3) is 16.8 Å². The average molecular weight is 329 g/mol. The van der Waals surface area contributed by atoms with Crippen molar-refractivity contribution in [2.45, 2.75) is 13.0 Å². The lowest BCUT2D eigenvalue weighted by Crippen LogP contribution is -2.49. The van der Waals surface area contributed by atoms with Crippen molar-refractivity contribution in [1.29, 1.82) is 0 Å². The van der Waals surface area contributed by atoms with E-state index in [1.807, 2.05) is 18.2 Å². The van der Waals surface area contributed by atoms with Gasteiger partial charge in [-0.1, -0.05) is 54.6 Å². The summed E-state index contributed by atoms with van der Waals surface area (Å²) in [4.78, 5) is 0. The van der Waals surface area contributed by atoms with Gasteiger partial charge in [0.2, 0.25) is 0 Å². The molecule has 2 heterocycles. The third-order valence-electron chi connectivity index (χ3n) is 4.69. The number of rotatable bonds is 2. The quantitative estimate of drug-likeness (QED) is 0.645. The Morgan fingerprint density at radius 1 is 1.00 bits per heavy atom. The van der Waals surface area contributed by atoms with E-state index >= 15 is 0 Å². The fraction of sp³-hybridized carbons (Fsp3) is 0.100. The molecule has 0 saturated heterocycles. The van der Waals surface area contributed by atoms with Gasteiger partial charge in [0.1, 0.15) is 5.75 Å². The van der Waals surface area contributed by atoms with E-state index in [9.17, 15) is 0 Å². The summed E-state index contributed by atoms with van der Waals surface area (Å²) in [5.41, 5.74) is 2.40. The molecule has 0 aromatic heterocycles. The predicted octanol–water partition coefficient (Wildman–Crippen LogP) is 4.52. The van der Waals surface area contributed by atoms with Gasteiger partial charge in [0.25, 0.3) is 0 Å². The summed E-state index contributed by atoms with van der Waals surface area (Å²) in [7, 11) is 0. The monoisotopic (exact) mass is 329 g/mol. The lowest BCUT2D eigenvalue weighted by molar-refractivity contribution is 0.432. The third-order valence-corrected chi connectivity index (χ3v) is 6.81. The maximum atomic E-state index is 6.34. The molecule has 4 heteroatoms. The molecule has 5 rings (SSSR count). The molecule has 2 aliphatic rings. The molecule has 0 bridgehead atoms. The summed E-state index contributed by atoms with van der Waals surface area (Å²) in [5, 5.41) is 2.41. The lowest BCUT2D eigenvalue weighted by atomic mass is 10.1. The average Bonchev–Trinajstić information content (AvgIpc) is 2.98. The molecule has 116 valence electrons. The number of nitrogens with zero attached hydrogens (tertiary/aromatic N) is 1. The fourth-order valence-electron chi connectivity index (χ4n) is 3.49. The topological polar surface area (TPSA) is 21.7 Å². The maximum Gasteiger partial charge on any atom is 1.04 e. The van der Waals surface area contributed by atoms with Crippen molar-refractivity contribution in [3.63, 3.8) is 0 Å². The Labute approximate surface area is 146 Å². The van der Waals surface area contributed by atoms with Crippen LogP contribution in [0.15, 0.2) is 66.7 Å². The number of fused-ring (bicyclic) bond motifs is 1. The molecule has 3 aromatic carbocycles. The number of anilines is 1. The summed E-state index contributed by atoms with van der Waals surface area (Å²) >= 11 is -2.04. The highest BCUT2D eigenvalue weighted by atomic mass is 27.2. The maximum absolute atomic E-state index is 6.34. The summed E-state index contributed by atoms with van der Waals surface area (Å²) in [6.45, 7) is 2.19. The van der Waals surface area contributed by atoms with Crippen LogP contribution < -0.4 is 11.5 Å². The summed E-state index contributed by atoms with van der Waals surface area (Å²) < 4.78 is 14.9. The molecule has 0 amide bonds. The molecular formula is C20H16AlNO2. The SMILES string of the molecule is CC1C=Cc2cccc3c2[N]1[Al]([O]c1ccc2ccccc2c1)[O]3. The third kappa shape index (κ3) is 2.11. The van der Waals surface area contributed by atoms with Gasteiger partial charge in [-0.2, -0.15) is 0 Å². The zero-order chi connectivity index (χ0) is 16.1. The first kappa shape index (κ1) is 14.0. The molecule has 0 N–H and O–H groups in total. The number of benzene rings is 3. The highest BCUT2D eigenvalue weighted by Crippen LogP contribution is 2.43. The zero-order valence-electron chi connectivity index (χ0n) is 13.3. The molecule has 3 aromatic rings. The smallest absolute Gasteiger partial charge is 0.594 e. The number of hydrogen-bond donors (Lipinski definition) is 0. The molecule has 0 spiro atoms. The van der Waals surface area contributed by atoms with Gasteiger partial charge in [-0.25, -0.2) is 0 Å². The van der Waals surface area contributed by atoms with Crippen molar-refractivity contribution in [3.8, 4) is 11.5 Å². The van der Waals surface area contributed by atoms with Crippen LogP contribution in [0, 0.1) is 0 Å². The van der Waals surface area contributed by atoms with Crippen molar-refractivity contribution in [2.75, 3.05) is 3.88 Å².